The first kappa shape index (κ1) is 17.4. The molecule has 0 aliphatic heterocycles. The van der Waals surface area contributed by atoms with Crippen LogP contribution in [0.5, 0.6) is 0 Å². The van der Waals surface area contributed by atoms with E-state index in [1.54, 1.807) is 0 Å². The van der Waals surface area contributed by atoms with Crippen molar-refractivity contribution in [2.45, 2.75) is 46.0 Å². The van der Waals surface area contributed by atoms with Crippen LogP contribution in [0, 0.1) is 6.92 Å². The number of rotatable bonds is 7. The molecule has 2 aromatic carbocycles. The lowest BCUT2D eigenvalue weighted by Gasteiger charge is -2.08. The number of benzene rings is 2. The fourth-order valence-electron chi connectivity index (χ4n) is 3.16. The second-order valence-corrected chi connectivity index (χ2v) is 6.81. The third-order valence-corrected chi connectivity index (χ3v) is 4.65. The zero-order valence-electron chi connectivity index (χ0n) is 15.3. The van der Waals surface area contributed by atoms with Crippen LogP contribution in [-0.4, -0.2) is 4.98 Å². The van der Waals surface area contributed by atoms with Gasteiger partial charge in [-0.25, -0.2) is 0 Å². The molecule has 0 radical (unpaired) electrons. The fraction of sp³-hybridized carbons (Fsp3) is 0.292. The summed E-state index contributed by atoms with van der Waals surface area (Å²) < 4.78 is 0. The predicted octanol–water partition coefficient (Wildman–Crippen LogP) is 6.85. The molecular formula is C24H27N. The molecule has 0 amide bonds. The smallest absolute Gasteiger partial charge is 0.0702 e. The second kappa shape index (κ2) is 8.62. The van der Waals surface area contributed by atoms with Crippen molar-refractivity contribution in [3.8, 4) is 22.4 Å². The van der Waals surface area contributed by atoms with Crippen LogP contribution in [-0.2, 0) is 6.42 Å². The zero-order chi connectivity index (χ0) is 17.5. The molecule has 1 nitrogen and oxygen atoms in total. The third kappa shape index (κ3) is 4.79. The van der Waals surface area contributed by atoms with E-state index in [9.17, 15) is 0 Å². The molecule has 3 aromatic rings. The normalized spacial score (nSPS) is 10.8. The van der Waals surface area contributed by atoms with Gasteiger partial charge in [-0.2, -0.15) is 0 Å². The van der Waals surface area contributed by atoms with Gasteiger partial charge in [-0.15, -0.1) is 0 Å². The van der Waals surface area contributed by atoms with Gasteiger partial charge in [-0.1, -0.05) is 74.7 Å². The Bertz CT molecular complexity index is 802. The van der Waals surface area contributed by atoms with Crippen molar-refractivity contribution in [1.29, 1.82) is 0 Å². The first-order valence-corrected chi connectivity index (χ1v) is 9.38. The Morgan fingerprint density at radius 2 is 1.52 bits per heavy atom. The Labute approximate surface area is 151 Å². The largest absolute Gasteiger partial charge is 0.256 e. The number of aryl methyl sites for hydroxylation is 2. The number of pyridine rings is 1. The van der Waals surface area contributed by atoms with Crippen LogP contribution in [0.15, 0.2) is 66.9 Å². The van der Waals surface area contributed by atoms with Gasteiger partial charge in [0.15, 0.2) is 0 Å². The van der Waals surface area contributed by atoms with Crippen LogP contribution in [0.4, 0.5) is 0 Å². The maximum absolute atomic E-state index is 4.56. The molecule has 0 fully saturated rings. The van der Waals surface area contributed by atoms with E-state index < -0.39 is 0 Å². The molecule has 0 atom stereocenters. The molecule has 0 aliphatic carbocycles. The minimum absolute atomic E-state index is 1.03. The number of hydrogen-bond donors (Lipinski definition) is 0. The zero-order valence-corrected chi connectivity index (χ0v) is 15.3. The molecule has 128 valence electrons. The van der Waals surface area contributed by atoms with Crippen molar-refractivity contribution in [3.05, 3.63) is 78.0 Å². The van der Waals surface area contributed by atoms with Crippen LogP contribution >= 0.6 is 0 Å². The highest BCUT2D eigenvalue weighted by Crippen LogP contribution is 2.26. The summed E-state index contributed by atoms with van der Waals surface area (Å²) in [5.41, 5.74) is 7.38. The molecule has 25 heavy (non-hydrogen) atoms. The van der Waals surface area contributed by atoms with Crippen LogP contribution in [0.1, 0.15) is 43.7 Å². The summed E-state index contributed by atoms with van der Waals surface area (Å²) in [5, 5.41) is 0. The van der Waals surface area contributed by atoms with Crippen molar-refractivity contribution < 1.29 is 0 Å². The summed E-state index contributed by atoms with van der Waals surface area (Å²) in [7, 11) is 0. The van der Waals surface area contributed by atoms with E-state index in [1.165, 1.54) is 59.9 Å². The van der Waals surface area contributed by atoms with Crippen molar-refractivity contribution in [1.82, 2.24) is 4.98 Å². The van der Waals surface area contributed by atoms with Gasteiger partial charge < -0.3 is 0 Å². The Morgan fingerprint density at radius 1 is 0.760 bits per heavy atom. The average Bonchev–Trinajstić information content (AvgIpc) is 2.66. The molecule has 3 rings (SSSR count). The minimum Gasteiger partial charge on any atom is -0.256 e. The van der Waals surface area contributed by atoms with Gasteiger partial charge in [-0.05, 0) is 54.2 Å². The van der Waals surface area contributed by atoms with E-state index in [-0.39, 0.29) is 0 Å². The Morgan fingerprint density at radius 3 is 2.28 bits per heavy atom. The second-order valence-electron chi connectivity index (χ2n) is 6.81. The van der Waals surface area contributed by atoms with Gasteiger partial charge in [0.05, 0.1) is 5.69 Å². The highest BCUT2D eigenvalue weighted by molar-refractivity contribution is 5.71. The molecular weight excluding hydrogens is 302 g/mol. The molecule has 0 unspecified atom stereocenters. The third-order valence-electron chi connectivity index (χ3n) is 4.65. The predicted molar refractivity (Wildman–Crippen MR) is 108 cm³/mol. The summed E-state index contributed by atoms with van der Waals surface area (Å²) in [6.07, 6.45) is 8.34. The highest BCUT2D eigenvalue weighted by Gasteiger charge is 2.04. The van der Waals surface area contributed by atoms with Gasteiger partial charge in [0, 0.05) is 11.8 Å². The molecule has 1 heteroatoms. The van der Waals surface area contributed by atoms with E-state index in [1.807, 2.05) is 6.20 Å². The molecule has 0 spiro atoms. The topological polar surface area (TPSA) is 12.9 Å². The van der Waals surface area contributed by atoms with Gasteiger partial charge in [0.25, 0.3) is 0 Å². The summed E-state index contributed by atoms with van der Waals surface area (Å²) in [6.45, 7) is 4.33. The molecule has 0 aliphatic rings. The molecule has 0 saturated carbocycles. The minimum atomic E-state index is 1.03. The summed E-state index contributed by atoms with van der Waals surface area (Å²) in [4.78, 5) is 4.56. The maximum Gasteiger partial charge on any atom is 0.0702 e. The summed E-state index contributed by atoms with van der Waals surface area (Å²) in [5.74, 6) is 0. The van der Waals surface area contributed by atoms with Crippen molar-refractivity contribution in [3.63, 3.8) is 0 Å². The van der Waals surface area contributed by atoms with Crippen LogP contribution in [0.25, 0.3) is 22.4 Å². The number of nitrogens with zero attached hydrogens (tertiary/aromatic N) is 1. The average molecular weight is 329 g/mol. The van der Waals surface area contributed by atoms with Gasteiger partial charge in [-0.3, -0.25) is 4.98 Å². The molecule has 0 bridgehead atoms. The standard InChI is InChI=1S/C24H27N/c1-3-4-5-6-9-20-10-7-11-21(16-20)22-12-8-13-23(17-22)24-15-14-19(2)18-25-24/h7-8,10-18H,3-6,9H2,1-2H3. The van der Waals surface area contributed by atoms with Crippen molar-refractivity contribution in [2.75, 3.05) is 0 Å². The molecule has 0 saturated heterocycles. The molecule has 1 aromatic heterocycles. The number of unbranched alkanes of at least 4 members (excludes halogenated alkanes) is 3. The lowest BCUT2D eigenvalue weighted by molar-refractivity contribution is 0.667. The SMILES string of the molecule is CCCCCCc1cccc(-c2cccc(-c3ccc(C)cn3)c2)c1. The van der Waals surface area contributed by atoms with E-state index in [4.69, 9.17) is 0 Å². The van der Waals surface area contributed by atoms with Crippen LogP contribution < -0.4 is 0 Å². The monoisotopic (exact) mass is 329 g/mol. The van der Waals surface area contributed by atoms with E-state index in [2.05, 4.69) is 79.5 Å². The lowest BCUT2D eigenvalue weighted by Crippen LogP contribution is -1.88. The maximum atomic E-state index is 4.56. The number of aromatic nitrogens is 1. The van der Waals surface area contributed by atoms with E-state index in [0.29, 0.717) is 0 Å². The number of hydrogen-bond acceptors (Lipinski definition) is 1. The van der Waals surface area contributed by atoms with E-state index >= 15 is 0 Å². The first-order valence-electron chi connectivity index (χ1n) is 9.38. The molecule has 1 heterocycles. The summed E-state index contributed by atoms with van der Waals surface area (Å²) in [6, 6.07) is 21.9. The Balaban J connectivity index is 1.80. The van der Waals surface area contributed by atoms with Crippen LogP contribution in [0.2, 0.25) is 0 Å². The van der Waals surface area contributed by atoms with Crippen molar-refractivity contribution >= 4 is 0 Å². The summed E-state index contributed by atoms with van der Waals surface area (Å²) >= 11 is 0. The Hall–Kier alpha value is -2.41. The molecule has 0 N–H and O–H groups in total. The van der Waals surface area contributed by atoms with Gasteiger partial charge in [0.1, 0.15) is 0 Å². The van der Waals surface area contributed by atoms with Crippen LogP contribution in [0.3, 0.4) is 0 Å². The first-order chi connectivity index (χ1) is 12.3. The fourth-order valence-corrected chi connectivity index (χ4v) is 3.16. The quantitative estimate of drug-likeness (QED) is 0.432. The Kier molecular flexibility index (Phi) is 6.00. The lowest BCUT2D eigenvalue weighted by atomic mass is 9.98. The highest BCUT2D eigenvalue weighted by atomic mass is 14.7. The van der Waals surface area contributed by atoms with Gasteiger partial charge in [0.2, 0.25) is 0 Å². The van der Waals surface area contributed by atoms with E-state index in [0.717, 1.165) is 5.69 Å². The van der Waals surface area contributed by atoms with Crippen molar-refractivity contribution in [2.24, 2.45) is 0 Å². The van der Waals surface area contributed by atoms with Gasteiger partial charge >= 0.3 is 0 Å².